The predicted molar refractivity (Wildman–Crippen MR) is 78.6 cm³/mol. The fourth-order valence-electron chi connectivity index (χ4n) is 1.81. The molecule has 0 saturated heterocycles. The minimum Gasteiger partial charge on any atom is -0.343 e. The summed E-state index contributed by atoms with van der Waals surface area (Å²) >= 11 is 5.13. The Morgan fingerprint density at radius 3 is 2.10 bits per heavy atom. The molecule has 1 aromatic carbocycles. The zero-order chi connectivity index (χ0) is 15.8. The quantitative estimate of drug-likeness (QED) is 0.740. The number of nitrogens with zero attached hydrogens (tertiary/aromatic N) is 1. The van der Waals surface area contributed by atoms with Crippen molar-refractivity contribution in [3.05, 3.63) is 46.4 Å². The van der Waals surface area contributed by atoms with Crippen LogP contribution in [-0.2, 0) is 11.6 Å². The monoisotopic (exact) mass is 312 g/mol. The summed E-state index contributed by atoms with van der Waals surface area (Å²) in [6, 6.07) is 6.62. The van der Waals surface area contributed by atoms with Crippen LogP contribution in [0.5, 0.6) is 0 Å². The van der Waals surface area contributed by atoms with Crippen LogP contribution in [0.1, 0.15) is 32.2 Å². The molecular weight excluding hydrogens is 297 g/mol. The molecule has 0 aliphatic heterocycles. The lowest BCUT2D eigenvalue weighted by Crippen LogP contribution is -2.16. The fraction of sp³-hybridized carbons (Fsp3) is 0.333. The summed E-state index contributed by atoms with van der Waals surface area (Å²) in [5, 5.41) is 0. The molecule has 6 heteroatoms. The average molecular weight is 312 g/mol. The molecule has 0 bridgehead atoms. The Kier molecular flexibility index (Phi) is 3.93. The van der Waals surface area contributed by atoms with Crippen LogP contribution in [0.15, 0.2) is 30.3 Å². The van der Waals surface area contributed by atoms with Gasteiger partial charge in [0.25, 0.3) is 0 Å². The Labute approximate surface area is 126 Å². The Hall–Kier alpha value is -1.69. The molecule has 2 nitrogen and oxygen atoms in total. The highest BCUT2D eigenvalue weighted by Gasteiger charge is 2.30. The van der Waals surface area contributed by atoms with Crippen molar-refractivity contribution in [2.75, 3.05) is 0 Å². The normalized spacial score (nSPS) is 12.5. The van der Waals surface area contributed by atoms with Crippen molar-refractivity contribution >= 4 is 12.2 Å². The lowest BCUT2D eigenvalue weighted by atomic mass is 9.95. The first-order valence-corrected chi connectivity index (χ1v) is 6.78. The number of hydrogen-bond acceptors (Lipinski definition) is 2. The van der Waals surface area contributed by atoms with Gasteiger partial charge in [0.1, 0.15) is 10.5 Å². The van der Waals surface area contributed by atoms with Gasteiger partial charge in [-0.1, -0.05) is 45.1 Å². The van der Waals surface area contributed by atoms with Gasteiger partial charge in [-0.15, -0.1) is 0 Å². The van der Waals surface area contributed by atoms with Gasteiger partial charge in [-0.2, -0.15) is 13.2 Å². The first-order valence-electron chi connectivity index (χ1n) is 6.37. The van der Waals surface area contributed by atoms with Gasteiger partial charge in [0.2, 0.25) is 0 Å². The van der Waals surface area contributed by atoms with Crippen LogP contribution in [0.4, 0.5) is 13.2 Å². The second-order valence-electron chi connectivity index (χ2n) is 5.81. The molecule has 0 atom stereocenters. The van der Waals surface area contributed by atoms with Crippen LogP contribution in [0.25, 0.3) is 11.3 Å². The van der Waals surface area contributed by atoms with Crippen molar-refractivity contribution in [1.82, 2.24) is 9.97 Å². The van der Waals surface area contributed by atoms with Crippen LogP contribution < -0.4 is 0 Å². The number of hydrogen-bond donors (Lipinski definition) is 1. The van der Waals surface area contributed by atoms with Crippen LogP contribution in [-0.4, -0.2) is 9.97 Å². The number of alkyl halides is 3. The van der Waals surface area contributed by atoms with Crippen LogP contribution in [0.2, 0.25) is 0 Å². The smallest absolute Gasteiger partial charge is 0.343 e. The maximum atomic E-state index is 12.6. The molecule has 21 heavy (non-hydrogen) atoms. The van der Waals surface area contributed by atoms with Crippen LogP contribution in [0.3, 0.4) is 0 Å². The summed E-state index contributed by atoms with van der Waals surface area (Å²) < 4.78 is 38.1. The zero-order valence-electron chi connectivity index (χ0n) is 11.9. The molecule has 112 valence electrons. The standard InChI is InChI=1S/C15H15F3N2S/c1-14(2,3)13-19-11(8-12(21)20-13)9-4-6-10(7-5-9)15(16,17)18/h4-8H,1-3H3,(H,19,20,21). The molecule has 1 heterocycles. The van der Waals surface area contributed by atoms with E-state index >= 15 is 0 Å². The third-order valence-electron chi connectivity index (χ3n) is 2.98. The second kappa shape index (κ2) is 5.26. The lowest BCUT2D eigenvalue weighted by Gasteiger charge is -2.18. The molecule has 0 amide bonds. The van der Waals surface area contributed by atoms with Gasteiger partial charge in [0, 0.05) is 11.1 Å². The van der Waals surface area contributed by atoms with Gasteiger partial charge in [0.15, 0.2) is 0 Å². The van der Waals surface area contributed by atoms with E-state index in [0.717, 1.165) is 12.1 Å². The molecule has 0 fully saturated rings. The van der Waals surface area contributed by atoms with E-state index in [9.17, 15) is 13.2 Å². The Morgan fingerprint density at radius 2 is 1.62 bits per heavy atom. The predicted octanol–water partition coefficient (Wildman–Crippen LogP) is 5.12. The second-order valence-corrected chi connectivity index (χ2v) is 6.23. The maximum Gasteiger partial charge on any atom is 0.416 e. The van der Waals surface area contributed by atoms with Crippen molar-refractivity contribution < 1.29 is 13.2 Å². The molecule has 2 aromatic rings. The third-order valence-corrected chi connectivity index (χ3v) is 3.19. The first-order chi connectivity index (χ1) is 9.57. The third kappa shape index (κ3) is 3.69. The Bertz CT molecular complexity index is 695. The van der Waals surface area contributed by atoms with E-state index < -0.39 is 11.7 Å². The first kappa shape index (κ1) is 15.7. The SMILES string of the molecule is CC(C)(C)c1nc(=S)cc(-c2ccc(C(F)(F)F)cc2)[nH]1. The van der Waals surface area contributed by atoms with E-state index in [0.29, 0.717) is 21.7 Å². The van der Waals surface area contributed by atoms with E-state index in [1.807, 2.05) is 20.8 Å². The molecule has 0 radical (unpaired) electrons. The van der Waals surface area contributed by atoms with Crippen molar-refractivity contribution in [3.8, 4) is 11.3 Å². The van der Waals surface area contributed by atoms with Crippen molar-refractivity contribution in [1.29, 1.82) is 0 Å². The summed E-state index contributed by atoms with van der Waals surface area (Å²) in [6.45, 7) is 5.95. The lowest BCUT2D eigenvalue weighted by molar-refractivity contribution is -0.137. The van der Waals surface area contributed by atoms with E-state index in [1.54, 1.807) is 6.07 Å². The van der Waals surface area contributed by atoms with E-state index in [-0.39, 0.29) is 5.41 Å². The van der Waals surface area contributed by atoms with Crippen molar-refractivity contribution in [3.63, 3.8) is 0 Å². The van der Waals surface area contributed by atoms with Gasteiger partial charge >= 0.3 is 6.18 Å². The number of benzene rings is 1. The summed E-state index contributed by atoms with van der Waals surface area (Å²) in [4.78, 5) is 7.41. The van der Waals surface area contributed by atoms with Crippen LogP contribution >= 0.6 is 12.2 Å². The minimum atomic E-state index is -4.33. The molecule has 0 unspecified atom stereocenters. The zero-order valence-corrected chi connectivity index (χ0v) is 12.7. The van der Waals surface area contributed by atoms with E-state index in [2.05, 4.69) is 9.97 Å². The summed E-state index contributed by atoms with van der Waals surface area (Å²) in [6.07, 6.45) is -4.33. The highest BCUT2D eigenvalue weighted by molar-refractivity contribution is 7.71. The summed E-state index contributed by atoms with van der Waals surface area (Å²) in [7, 11) is 0. The minimum absolute atomic E-state index is 0.227. The Balaban J connectivity index is 2.48. The number of halogens is 3. The van der Waals surface area contributed by atoms with Gasteiger partial charge in [-0.05, 0) is 23.8 Å². The van der Waals surface area contributed by atoms with Gasteiger partial charge in [-0.25, -0.2) is 4.98 Å². The molecule has 1 aromatic heterocycles. The molecule has 1 N–H and O–H groups in total. The molecule has 2 rings (SSSR count). The number of rotatable bonds is 1. The number of aromatic nitrogens is 2. The summed E-state index contributed by atoms with van der Waals surface area (Å²) in [5.41, 5.74) is 0.403. The van der Waals surface area contributed by atoms with Gasteiger partial charge in [-0.3, -0.25) is 0 Å². The summed E-state index contributed by atoms with van der Waals surface area (Å²) in [5.74, 6) is 0.699. The largest absolute Gasteiger partial charge is 0.416 e. The Morgan fingerprint density at radius 1 is 1.05 bits per heavy atom. The number of aromatic amines is 1. The van der Waals surface area contributed by atoms with Gasteiger partial charge < -0.3 is 4.98 Å². The fourth-order valence-corrected chi connectivity index (χ4v) is 2.02. The topological polar surface area (TPSA) is 28.7 Å². The average Bonchev–Trinajstić information content (AvgIpc) is 2.36. The highest BCUT2D eigenvalue weighted by Crippen LogP contribution is 2.31. The molecule has 0 aliphatic rings. The molecule has 0 aliphatic carbocycles. The van der Waals surface area contributed by atoms with Crippen molar-refractivity contribution in [2.45, 2.75) is 32.4 Å². The molecule has 0 saturated carbocycles. The number of H-pyrrole nitrogens is 1. The van der Waals surface area contributed by atoms with Gasteiger partial charge in [0.05, 0.1) is 5.56 Å². The maximum absolute atomic E-state index is 12.6. The number of nitrogens with one attached hydrogen (secondary N) is 1. The highest BCUT2D eigenvalue weighted by atomic mass is 32.1. The van der Waals surface area contributed by atoms with E-state index in [4.69, 9.17) is 12.2 Å². The molecule has 0 spiro atoms. The van der Waals surface area contributed by atoms with E-state index in [1.165, 1.54) is 12.1 Å². The molecular formula is C15H15F3N2S. The van der Waals surface area contributed by atoms with Crippen LogP contribution in [0, 0.1) is 4.64 Å². The van der Waals surface area contributed by atoms with Crippen molar-refractivity contribution in [2.24, 2.45) is 0 Å².